The second-order valence-corrected chi connectivity index (χ2v) is 12.3. The van der Waals surface area contributed by atoms with E-state index in [9.17, 15) is 0 Å². The second kappa shape index (κ2) is 8.83. The lowest BCUT2D eigenvalue weighted by molar-refractivity contribution is 0.337. The van der Waals surface area contributed by atoms with Gasteiger partial charge in [-0.2, -0.15) is 0 Å². The normalized spacial score (nSPS) is 16.9. The van der Waals surface area contributed by atoms with Crippen molar-refractivity contribution in [3.05, 3.63) is 115 Å². The summed E-state index contributed by atoms with van der Waals surface area (Å²) >= 11 is 0. The molecule has 6 heteroatoms. The van der Waals surface area contributed by atoms with Gasteiger partial charge in [-0.05, 0) is 80.6 Å². The van der Waals surface area contributed by atoms with Gasteiger partial charge in [0.25, 0.3) is 6.71 Å². The molecule has 204 valence electrons. The van der Waals surface area contributed by atoms with Crippen molar-refractivity contribution >= 4 is 34.8 Å². The van der Waals surface area contributed by atoms with E-state index < -0.39 is 0 Å². The Hall–Kier alpha value is -4.84. The summed E-state index contributed by atoms with van der Waals surface area (Å²) in [7, 11) is 0. The van der Waals surface area contributed by atoms with E-state index in [1.165, 1.54) is 0 Å². The van der Waals surface area contributed by atoms with Crippen molar-refractivity contribution in [3.8, 4) is 34.1 Å². The van der Waals surface area contributed by atoms with Crippen LogP contribution >= 0.6 is 0 Å². The van der Waals surface area contributed by atoms with Crippen LogP contribution in [0.1, 0.15) is 33.3 Å². The van der Waals surface area contributed by atoms with Gasteiger partial charge in [0, 0.05) is 22.8 Å². The molecule has 0 radical (unpaired) electrons. The number of anilines is 1. The first-order valence-electron chi connectivity index (χ1n) is 14.5. The van der Waals surface area contributed by atoms with Crippen LogP contribution in [0.4, 0.5) is 5.82 Å². The Bertz CT molecular complexity index is 1830. The van der Waals surface area contributed by atoms with Gasteiger partial charge < -0.3 is 14.4 Å². The fourth-order valence-electron chi connectivity index (χ4n) is 6.42. The third-order valence-electron chi connectivity index (χ3n) is 9.29. The SMILES string of the molecule is CC1(C)N=C(c2ccccc2)N(c2ccc(-c3cc4c5c(c3)Oc3ccccc3B5c3ccccc3O4)cn2)C1(C)C. The minimum absolute atomic E-state index is 0.0656. The maximum atomic E-state index is 6.50. The molecular weight excluding hydrogens is 517 g/mol. The van der Waals surface area contributed by atoms with E-state index in [4.69, 9.17) is 19.5 Å². The minimum Gasteiger partial charge on any atom is -0.458 e. The smallest absolute Gasteiger partial charge is 0.260 e. The number of aromatic nitrogens is 1. The van der Waals surface area contributed by atoms with Crippen LogP contribution in [-0.4, -0.2) is 28.6 Å². The van der Waals surface area contributed by atoms with Gasteiger partial charge in [0.1, 0.15) is 34.7 Å². The summed E-state index contributed by atoms with van der Waals surface area (Å²) in [5.41, 5.74) is 5.90. The Kier molecular flexibility index (Phi) is 5.24. The molecule has 5 nitrogen and oxygen atoms in total. The van der Waals surface area contributed by atoms with E-state index in [1.807, 2.05) is 36.5 Å². The standard InChI is InChI=1S/C36H30BN3O2/c1-35(2)36(3,4)40(34(39-35)23-12-6-5-7-13-23)32-19-18-24(22-38-32)25-20-30-33-31(21-25)42-29-17-11-9-15-27(29)37(33)26-14-8-10-16-28(26)41-30/h5-22H,1-4H3. The van der Waals surface area contributed by atoms with Gasteiger partial charge in [-0.25, -0.2) is 4.98 Å². The Morgan fingerprint density at radius 2 is 1.21 bits per heavy atom. The maximum Gasteiger partial charge on any atom is 0.260 e. The predicted molar refractivity (Wildman–Crippen MR) is 171 cm³/mol. The molecule has 0 amide bonds. The molecule has 0 N–H and O–H groups in total. The zero-order chi connectivity index (χ0) is 28.6. The van der Waals surface area contributed by atoms with Gasteiger partial charge in [-0.3, -0.25) is 4.99 Å². The van der Waals surface area contributed by atoms with Gasteiger partial charge in [-0.1, -0.05) is 66.7 Å². The lowest BCUT2D eigenvalue weighted by atomic mass is 9.35. The number of hydrogen-bond acceptors (Lipinski definition) is 5. The number of nitrogens with zero attached hydrogens (tertiary/aromatic N) is 3. The summed E-state index contributed by atoms with van der Waals surface area (Å²) in [4.78, 5) is 12.4. The van der Waals surface area contributed by atoms with Gasteiger partial charge in [-0.15, -0.1) is 0 Å². The molecule has 0 bridgehead atoms. The number of aliphatic imine (C=N–C) groups is 1. The topological polar surface area (TPSA) is 47.0 Å². The zero-order valence-corrected chi connectivity index (χ0v) is 24.1. The summed E-state index contributed by atoms with van der Waals surface area (Å²) in [6.07, 6.45) is 1.94. The molecule has 0 atom stereocenters. The molecule has 0 saturated carbocycles. The Morgan fingerprint density at radius 1 is 0.619 bits per heavy atom. The van der Waals surface area contributed by atoms with E-state index in [1.54, 1.807) is 0 Å². The highest BCUT2D eigenvalue weighted by molar-refractivity contribution is 6.98. The fourth-order valence-corrected chi connectivity index (χ4v) is 6.42. The van der Waals surface area contributed by atoms with Crippen LogP contribution in [0.25, 0.3) is 11.1 Å². The molecule has 0 aliphatic carbocycles. The van der Waals surface area contributed by atoms with E-state index in [2.05, 4.69) is 105 Å². The third kappa shape index (κ3) is 3.57. The van der Waals surface area contributed by atoms with Gasteiger partial charge in [0.05, 0.1) is 11.1 Å². The summed E-state index contributed by atoms with van der Waals surface area (Å²) in [6, 6.07) is 35.4. The predicted octanol–water partition coefficient (Wildman–Crippen LogP) is 6.30. The van der Waals surface area contributed by atoms with Crippen molar-refractivity contribution in [1.82, 2.24) is 4.98 Å². The number of benzene rings is 4. The second-order valence-electron chi connectivity index (χ2n) is 12.3. The number of para-hydroxylation sites is 2. The number of fused-ring (bicyclic) bond motifs is 4. The highest BCUT2D eigenvalue weighted by Crippen LogP contribution is 2.42. The molecule has 0 unspecified atom stereocenters. The number of pyridine rings is 1. The molecule has 5 aromatic rings. The molecular formula is C36H30BN3O2. The highest BCUT2D eigenvalue weighted by atomic mass is 16.5. The zero-order valence-electron chi connectivity index (χ0n) is 24.1. The summed E-state index contributed by atoms with van der Waals surface area (Å²) < 4.78 is 13.0. The first kappa shape index (κ1) is 24.9. The van der Waals surface area contributed by atoms with Crippen LogP contribution in [0, 0.1) is 0 Å². The fraction of sp³-hybridized carbons (Fsp3) is 0.167. The van der Waals surface area contributed by atoms with Crippen molar-refractivity contribution in [1.29, 1.82) is 0 Å². The molecule has 42 heavy (non-hydrogen) atoms. The van der Waals surface area contributed by atoms with Crippen LogP contribution in [0.2, 0.25) is 0 Å². The molecule has 0 fully saturated rings. The van der Waals surface area contributed by atoms with Crippen LogP contribution in [0.5, 0.6) is 23.0 Å². The van der Waals surface area contributed by atoms with Crippen molar-refractivity contribution in [2.24, 2.45) is 4.99 Å². The molecule has 4 heterocycles. The number of rotatable bonds is 3. The maximum absolute atomic E-state index is 6.50. The van der Waals surface area contributed by atoms with Crippen LogP contribution in [0.3, 0.4) is 0 Å². The van der Waals surface area contributed by atoms with Gasteiger partial charge >= 0.3 is 0 Å². The van der Waals surface area contributed by atoms with Crippen LogP contribution < -0.4 is 30.8 Å². The summed E-state index contributed by atoms with van der Waals surface area (Å²) in [5.74, 6) is 5.22. The summed E-state index contributed by atoms with van der Waals surface area (Å²) in [6.45, 7) is 8.91. The average molecular weight is 547 g/mol. The lowest BCUT2D eigenvalue weighted by Crippen LogP contribution is -2.57. The molecule has 4 aromatic carbocycles. The van der Waals surface area contributed by atoms with E-state index in [-0.39, 0.29) is 17.8 Å². The van der Waals surface area contributed by atoms with Crippen molar-refractivity contribution in [3.63, 3.8) is 0 Å². The third-order valence-corrected chi connectivity index (χ3v) is 9.29. The quantitative estimate of drug-likeness (QED) is 0.244. The molecule has 8 rings (SSSR count). The molecule has 0 spiro atoms. The largest absolute Gasteiger partial charge is 0.458 e. The van der Waals surface area contributed by atoms with Crippen LogP contribution in [-0.2, 0) is 0 Å². The van der Waals surface area contributed by atoms with E-state index in [0.717, 1.165) is 67.7 Å². The van der Waals surface area contributed by atoms with Gasteiger partial charge in [0.2, 0.25) is 0 Å². The highest BCUT2D eigenvalue weighted by Gasteiger charge is 2.50. The average Bonchev–Trinajstić information content (AvgIpc) is 3.20. The van der Waals surface area contributed by atoms with E-state index >= 15 is 0 Å². The first-order chi connectivity index (χ1) is 20.3. The first-order valence-corrected chi connectivity index (χ1v) is 14.5. The Morgan fingerprint density at radius 3 is 1.81 bits per heavy atom. The Balaban J connectivity index is 1.21. The number of ether oxygens (including phenoxy) is 2. The van der Waals surface area contributed by atoms with Crippen molar-refractivity contribution in [2.45, 2.75) is 38.8 Å². The molecule has 3 aliphatic heterocycles. The van der Waals surface area contributed by atoms with Gasteiger partial charge in [0.15, 0.2) is 0 Å². The van der Waals surface area contributed by atoms with E-state index in [0.29, 0.717) is 0 Å². The minimum atomic E-state index is -0.294. The van der Waals surface area contributed by atoms with Crippen molar-refractivity contribution in [2.75, 3.05) is 4.90 Å². The number of hydrogen-bond donors (Lipinski definition) is 0. The molecule has 1 aromatic heterocycles. The summed E-state index contributed by atoms with van der Waals surface area (Å²) in [5, 5.41) is 0. The monoisotopic (exact) mass is 547 g/mol. The Labute approximate surface area is 246 Å². The number of amidine groups is 1. The molecule has 3 aliphatic rings. The van der Waals surface area contributed by atoms with Crippen LogP contribution in [0.15, 0.2) is 114 Å². The molecule has 0 saturated heterocycles. The van der Waals surface area contributed by atoms with Crippen molar-refractivity contribution < 1.29 is 9.47 Å². The lowest BCUT2D eigenvalue weighted by Gasteiger charge is -2.40.